The molecule has 3 aromatic rings. The fraction of sp³-hybridized carbons (Fsp3) is 0.474. The van der Waals surface area contributed by atoms with Gasteiger partial charge in [-0.15, -0.1) is 0 Å². The summed E-state index contributed by atoms with van der Waals surface area (Å²) in [5.41, 5.74) is 2.84. The zero-order chi connectivity index (χ0) is 52.4. The normalized spacial score (nSPS) is 10.7. The molecule has 72 heavy (non-hydrogen) atoms. The Morgan fingerprint density at radius 2 is 0.653 bits per heavy atom. The summed E-state index contributed by atoms with van der Waals surface area (Å²) in [6.07, 6.45) is 8.43. The van der Waals surface area contributed by atoms with Crippen molar-refractivity contribution in [1.29, 1.82) is 0 Å². The topological polar surface area (TPSA) is 185 Å². The second kappa shape index (κ2) is 35.2. The van der Waals surface area contributed by atoms with E-state index in [1.807, 2.05) is 0 Å². The van der Waals surface area contributed by atoms with Crippen molar-refractivity contribution in [2.75, 3.05) is 52.9 Å². The first-order valence-electron chi connectivity index (χ1n) is 25.1. The Bertz CT molecular complexity index is 2060. The first-order chi connectivity index (χ1) is 34.8. The van der Waals surface area contributed by atoms with Gasteiger partial charge in [-0.25, -0.2) is 14.4 Å². The van der Waals surface area contributed by atoms with Gasteiger partial charge in [0.1, 0.15) is 30.5 Å². The van der Waals surface area contributed by atoms with Crippen molar-refractivity contribution in [3.63, 3.8) is 0 Å². The SMILES string of the molecule is C=C(C(=O)OCC)c1ccc(OCCCCCCC(=O)OCC(COC(=O)CCCCCCOc2ccc(C(=C)C(=O)OCC)cc2)OC(=O)CCCCCCOc2ccc(C(=C)C(=O)OCC)cc2)cc1. The highest BCUT2D eigenvalue weighted by molar-refractivity contribution is 6.16. The lowest BCUT2D eigenvalue weighted by molar-refractivity contribution is -0.167. The van der Waals surface area contributed by atoms with E-state index < -0.39 is 41.9 Å². The standard InChI is InChI=1S/C57H74O15/c1-7-64-55(61)42(4)45-25-31-48(32-26-45)67-37-19-13-10-16-22-52(58)70-40-51(72-54(60)24-18-12-15-21-39-69-50-35-29-47(30-36-50)44(6)57(63)66-9-3)41-71-53(59)23-17-11-14-20-38-68-49-33-27-46(28-34-49)43(5)56(62)65-8-2/h25-36,51H,4-24,37-41H2,1-3H3. The molecule has 0 aliphatic carbocycles. The van der Waals surface area contributed by atoms with Crippen LogP contribution in [0.1, 0.15) is 134 Å². The van der Waals surface area contributed by atoms with Crippen LogP contribution < -0.4 is 14.2 Å². The summed E-state index contributed by atoms with van der Waals surface area (Å²) in [6.45, 7) is 18.4. The molecule has 0 amide bonds. The largest absolute Gasteiger partial charge is 0.494 e. The van der Waals surface area contributed by atoms with E-state index in [2.05, 4.69) is 19.7 Å². The number of ether oxygens (including phenoxy) is 9. The van der Waals surface area contributed by atoms with Gasteiger partial charge >= 0.3 is 35.8 Å². The zero-order valence-electron chi connectivity index (χ0n) is 42.5. The molecular formula is C57H74O15. The molecule has 0 aliphatic heterocycles. The maximum atomic E-state index is 12.9. The molecule has 0 radical (unpaired) electrons. The molecule has 0 saturated carbocycles. The van der Waals surface area contributed by atoms with Gasteiger partial charge in [0.05, 0.1) is 56.4 Å². The molecule has 3 aromatic carbocycles. The summed E-state index contributed by atoms with van der Waals surface area (Å²) in [5.74, 6) is -0.729. The van der Waals surface area contributed by atoms with E-state index in [1.165, 1.54) is 0 Å². The van der Waals surface area contributed by atoms with Crippen LogP contribution in [0, 0.1) is 0 Å². The van der Waals surface area contributed by atoms with Crippen LogP contribution >= 0.6 is 0 Å². The summed E-state index contributed by atoms with van der Waals surface area (Å²) < 4.78 is 49.1. The second-order valence-corrected chi connectivity index (χ2v) is 16.7. The summed E-state index contributed by atoms with van der Waals surface area (Å²) >= 11 is 0. The summed E-state index contributed by atoms with van der Waals surface area (Å²) in [5, 5.41) is 0. The molecule has 392 valence electrons. The number of carbonyl (C=O) groups is 6. The third-order valence-corrected chi connectivity index (χ3v) is 11.0. The maximum absolute atomic E-state index is 12.9. The number of unbranched alkanes of at least 4 members (excludes halogenated alkanes) is 9. The van der Waals surface area contributed by atoms with Crippen LogP contribution in [0.15, 0.2) is 92.5 Å². The molecule has 15 heteroatoms. The van der Waals surface area contributed by atoms with Crippen LogP contribution in [0.25, 0.3) is 16.7 Å². The monoisotopic (exact) mass is 999 g/mol. The van der Waals surface area contributed by atoms with Gasteiger partial charge in [0.25, 0.3) is 0 Å². The summed E-state index contributed by atoms with van der Waals surface area (Å²) in [4.78, 5) is 74.1. The fourth-order valence-electron chi connectivity index (χ4n) is 6.89. The van der Waals surface area contributed by atoms with Crippen LogP contribution in [-0.2, 0) is 57.2 Å². The van der Waals surface area contributed by atoms with Gasteiger partial charge in [-0.05, 0) is 112 Å². The molecule has 15 nitrogen and oxygen atoms in total. The molecule has 0 atom stereocenters. The minimum absolute atomic E-state index is 0.144. The minimum Gasteiger partial charge on any atom is -0.494 e. The van der Waals surface area contributed by atoms with Gasteiger partial charge in [-0.2, -0.15) is 0 Å². The molecular weight excluding hydrogens is 925 g/mol. The zero-order valence-corrected chi connectivity index (χ0v) is 42.5. The molecule has 0 heterocycles. The van der Waals surface area contributed by atoms with E-state index in [9.17, 15) is 28.8 Å². The Morgan fingerprint density at radius 1 is 0.375 bits per heavy atom. The predicted octanol–water partition coefficient (Wildman–Crippen LogP) is 10.8. The Morgan fingerprint density at radius 3 is 0.944 bits per heavy atom. The van der Waals surface area contributed by atoms with Crippen molar-refractivity contribution in [2.24, 2.45) is 0 Å². The Kier molecular flexibility index (Phi) is 29.1. The van der Waals surface area contributed by atoms with Crippen molar-refractivity contribution in [2.45, 2.75) is 123 Å². The molecule has 0 aromatic heterocycles. The molecule has 0 bridgehead atoms. The summed E-state index contributed by atoms with van der Waals surface area (Å²) in [6, 6.07) is 21.2. The molecule has 0 unspecified atom stereocenters. The first-order valence-corrected chi connectivity index (χ1v) is 25.1. The van der Waals surface area contributed by atoms with E-state index in [0.717, 1.165) is 57.8 Å². The van der Waals surface area contributed by atoms with Gasteiger partial charge in [-0.3, -0.25) is 14.4 Å². The second-order valence-electron chi connectivity index (χ2n) is 16.7. The summed E-state index contributed by atoms with van der Waals surface area (Å²) in [7, 11) is 0. The third-order valence-electron chi connectivity index (χ3n) is 11.0. The van der Waals surface area contributed by atoms with Gasteiger partial charge < -0.3 is 42.6 Å². The molecule has 3 rings (SSSR count). The van der Waals surface area contributed by atoms with Gasteiger partial charge in [0.15, 0.2) is 6.10 Å². The van der Waals surface area contributed by atoms with Crippen LogP contribution in [0.5, 0.6) is 17.2 Å². The number of rotatable bonds is 38. The van der Waals surface area contributed by atoms with E-state index in [1.54, 1.807) is 93.6 Å². The van der Waals surface area contributed by atoms with E-state index in [0.29, 0.717) is 73.0 Å². The average Bonchev–Trinajstić information content (AvgIpc) is 3.38. The minimum atomic E-state index is -0.955. The number of hydrogen-bond acceptors (Lipinski definition) is 15. The van der Waals surface area contributed by atoms with Crippen molar-refractivity contribution >= 4 is 52.5 Å². The number of esters is 6. The highest BCUT2D eigenvalue weighted by Crippen LogP contribution is 2.22. The van der Waals surface area contributed by atoms with E-state index >= 15 is 0 Å². The predicted molar refractivity (Wildman–Crippen MR) is 274 cm³/mol. The van der Waals surface area contributed by atoms with Crippen LogP contribution in [-0.4, -0.2) is 94.8 Å². The van der Waals surface area contributed by atoms with Crippen molar-refractivity contribution in [3.8, 4) is 17.2 Å². The molecule has 0 fully saturated rings. The van der Waals surface area contributed by atoms with Crippen molar-refractivity contribution in [1.82, 2.24) is 0 Å². The highest BCUT2D eigenvalue weighted by Gasteiger charge is 2.20. The fourth-order valence-corrected chi connectivity index (χ4v) is 6.89. The van der Waals surface area contributed by atoms with Crippen LogP contribution in [0.4, 0.5) is 0 Å². The highest BCUT2D eigenvalue weighted by atomic mass is 16.6. The number of benzene rings is 3. The third kappa shape index (κ3) is 24.3. The lowest BCUT2D eigenvalue weighted by atomic mass is 10.1. The molecule has 0 saturated heterocycles. The van der Waals surface area contributed by atoms with Crippen LogP contribution in [0.2, 0.25) is 0 Å². The number of hydrogen-bond donors (Lipinski definition) is 0. The smallest absolute Gasteiger partial charge is 0.338 e. The van der Waals surface area contributed by atoms with Gasteiger partial charge in [0, 0.05) is 19.3 Å². The Hall–Kier alpha value is -6.90. The van der Waals surface area contributed by atoms with Crippen molar-refractivity contribution < 1.29 is 71.4 Å². The number of carbonyl (C=O) groups excluding carboxylic acids is 6. The lowest BCUT2D eigenvalue weighted by Gasteiger charge is -2.18. The van der Waals surface area contributed by atoms with E-state index in [4.69, 9.17) is 42.6 Å². The van der Waals surface area contributed by atoms with Gasteiger partial charge in [0.2, 0.25) is 0 Å². The van der Waals surface area contributed by atoms with E-state index in [-0.39, 0.29) is 69.0 Å². The lowest BCUT2D eigenvalue weighted by Crippen LogP contribution is -2.30. The van der Waals surface area contributed by atoms with Crippen molar-refractivity contribution in [3.05, 3.63) is 109 Å². The van der Waals surface area contributed by atoms with Gasteiger partial charge in [-0.1, -0.05) is 94.7 Å². The maximum Gasteiger partial charge on any atom is 0.338 e. The molecule has 0 spiro atoms. The van der Waals surface area contributed by atoms with Crippen LogP contribution in [0.3, 0.4) is 0 Å². The first kappa shape index (κ1) is 59.4. The quantitative estimate of drug-likeness (QED) is 0.0228. The molecule has 0 N–H and O–H groups in total. The average molecular weight is 999 g/mol. The Balaban J connectivity index is 1.35. The Labute approximate surface area is 425 Å². The molecule has 0 aliphatic rings.